The van der Waals surface area contributed by atoms with E-state index in [2.05, 4.69) is 9.97 Å². The highest BCUT2D eigenvalue weighted by Crippen LogP contribution is 2.26. The van der Waals surface area contributed by atoms with Crippen LogP contribution in [0.2, 0.25) is 0 Å². The molecular formula is C9H15N3O. The van der Waals surface area contributed by atoms with Crippen LogP contribution in [0, 0.1) is 6.92 Å². The molecule has 4 heteroatoms. The molecule has 1 amide bonds. The number of aromatic nitrogens is 2. The van der Waals surface area contributed by atoms with Crippen LogP contribution in [0.1, 0.15) is 31.7 Å². The molecule has 0 atom stereocenters. The predicted octanol–water partition coefficient (Wildman–Crippen LogP) is 0.871. The average molecular weight is 181 g/mol. The average Bonchev–Trinajstić information content (AvgIpc) is 2.32. The largest absolute Gasteiger partial charge is 0.370 e. The summed E-state index contributed by atoms with van der Waals surface area (Å²) in [7, 11) is 0. The van der Waals surface area contributed by atoms with Crippen molar-refractivity contribution in [2.45, 2.75) is 32.6 Å². The molecule has 0 saturated carbocycles. The van der Waals surface area contributed by atoms with E-state index in [4.69, 9.17) is 5.73 Å². The molecule has 4 nitrogen and oxygen atoms in total. The fourth-order valence-electron chi connectivity index (χ4n) is 1.56. The Kier molecular flexibility index (Phi) is 2.40. The number of H-pyrrole nitrogens is 1. The minimum absolute atomic E-state index is 0.282. The van der Waals surface area contributed by atoms with Crippen molar-refractivity contribution in [2.24, 2.45) is 5.73 Å². The van der Waals surface area contributed by atoms with E-state index in [1.807, 2.05) is 20.8 Å². The lowest BCUT2D eigenvalue weighted by molar-refractivity contribution is -0.119. The van der Waals surface area contributed by atoms with Gasteiger partial charge in [-0.2, -0.15) is 0 Å². The quantitative estimate of drug-likeness (QED) is 0.726. The van der Waals surface area contributed by atoms with Gasteiger partial charge in [0, 0.05) is 17.5 Å². The fourth-order valence-corrected chi connectivity index (χ4v) is 1.56. The van der Waals surface area contributed by atoms with Crippen molar-refractivity contribution in [3.63, 3.8) is 0 Å². The number of amides is 1. The molecule has 1 rings (SSSR count). The highest BCUT2D eigenvalue weighted by atomic mass is 16.1. The Morgan fingerprint density at radius 2 is 2.31 bits per heavy atom. The number of nitrogens with zero attached hydrogens (tertiary/aromatic N) is 1. The van der Waals surface area contributed by atoms with Crippen molar-refractivity contribution in [1.82, 2.24) is 9.97 Å². The number of hydrogen-bond acceptors (Lipinski definition) is 2. The van der Waals surface area contributed by atoms with Crippen LogP contribution in [0.3, 0.4) is 0 Å². The van der Waals surface area contributed by atoms with Crippen molar-refractivity contribution in [2.75, 3.05) is 0 Å². The van der Waals surface area contributed by atoms with Crippen molar-refractivity contribution >= 4 is 5.91 Å². The third-order valence-electron chi connectivity index (χ3n) is 2.09. The molecule has 0 aliphatic heterocycles. The van der Waals surface area contributed by atoms with E-state index in [1.165, 1.54) is 0 Å². The third kappa shape index (κ3) is 2.08. The molecule has 0 spiro atoms. The maximum atomic E-state index is 10.8. The van der Waals surface area contributed by atoms with Crippen molar-refractivity contribution in [3.8, 4) is 0 Å². The van der Waals surface area contributed by atoms with Gasteiger partial charge >= 0.3 is 0 Å². The number of hydrogen-bond donors (Lipinski definition) is 2. The monoisotopic (exact) mass is 181 g/mol. The molecule has 0 radical (unpaired) electrons. The number of nitrogens with two attached hydrogens (primary N) is 1. The second-order valence-electron chi connectivity index (χ2n) is 3.90. The van der Waals surface area contributed by atoms with E-state index < -0.39 is 0 Å². The van der Waals surface area contributed by atoms with Gasteiger partial charge in [-0.05, 0) is 6.92 Å². The van der Waals surface area contributed by atoms with Gasteiger partial charge < -0.3 is 10.7 Å². The molecule has 0 fully saturated rings. The summed E-state index contributed by atoms with van der Waals surface area (Å²) >= 11 is 0. The van der Waals surface area contributed by atoms with Crippen LogP contribution >= 0.6 is 0 Å². The standard InChI is InChI=1S/C9H15N3O/c1-6-8(12-5-11-6)9(2,3)4-7(10)13/h5H,4H2,1-3H3,(H2,10,13)(H,11,12). The number of carbonyl (C=O) groups is 1. The van der Waals surface area contributed by atoms with Gasteiger partial charge in [0.25, 0.3) is 0 Å². The number of imidazole rings is 1. The van der Waals surface area contributed by atoms with Crippen molar-refractivity contribution in [3.05, 3.63) is 17.7 Å². The van der Waals surface area contributed by atoms with Crippen LogP contribution < -0.4 is 5.73 Å². The van der Waals surface area contributed by atoms with Crippen LogP contribution in [-0.4, -0.2) is 15.9 Å². The van der Waals surface area contributed by atoms with E-state index >= 15 is 0 Å². The predicted molar refractivity (Wildman–Crippen MR) is 50.2 cm³/mol. The van der Waals surface area contributed by atoms with Gasteiger partial charge in [-0.3, -0.25) is 4.79 Å². The fraction of sp³-hybridized carbons (Fsp3) is 0.556. The van der Waals surface area contributed by atoms with Gasteiger partial charge in [0.15, 0.2) is 0 Å². The van der Waals surface area contributed by atoms with Crippen LogP contribution in [0.25, 0.3) is 0 Å². The molecular weight excluding hydrogens is 166 g/mol. The Bertz CT molecular complexity index is 314. The zero-order valence-electron chi connectivity index (χ0n) is 8.22. The molecule has 0 saturated heterocycles. The van der Waals surface area contributed by atoms with Gasteiger partial charge in [-0.15, -0.1) is 0 Å². The Labute approximate surface area is 77.6 Å². The molecule has 0 bridgehead atoms. The van der Waals surface area contributed by atoms with Crippen LogP contribution in [0.15, 0.2) is 6.33 Å². The van der Waals surface area contributed by atoms with Gasteiger partial charge in [0.1, 0.15) is 0 Å². The molecule has 0 aliphatic carbocycles. The second-order valence-corrected chi connectivity index (χ2v) is 3.90. The Hall–Kier alpha value is -1.32. The van der Waals surface area contributed by atoms with E-state index in [0.717, 1.165) is 11.4 Å². The Morgan fingerprint density at radius 1 is 1.69 bits per heavy atom. The first-order valence-corrected chi connectivity index (χ1v) is 4.22. The molecule has 3 N–H and O–H groups in total. The summed E-state index contributed by atoms with van der Waals surface area (Å²) < 4.78 is 0. The molecule has 1 heterocycles. The summed E-state index contributed by atoms with van der Waals surface area (Å²) in [5.41, 5.74) is 6.78. The van der Waals surface area contributed by atoms with E-state index in [9.17, 15) is 4.79 Å². The zero-order valence-corrected chi connectivity index (χ0v) is 8.22. The number of primary amides is 1. The smallest absolute Gasteiger partial charge is 0.218 e. The number of nitrogens with one attached hydrogen (secondary N) is 1. The Balaban J connectivity index is 2.93. The summed E-state index contributed by atoms with van der Waals surface area (Å²) in [4.78, 5) is 18.0. The van der Waals surface area contributed by atoms with E-state index in [1.54, 1.807) is 6.33 Å². The normalized spacial score (nSPS) is 11.6. The first kappa shape index (κ1) is 9.77. The SMILES string of the molecule is Cc1[nH]cnc1C(C)(C)CC(N)=O. The van der Waals surface area contributed by atoms with Crippen molar-refractivity contribution in [1.29, 1.82) is 0 Å². The number of aryl methyl sites for hydroxylation is 1. The summed E-state index contributed by atoms with van der Waals surface area (Å²) in [5, 5.41) is 0. The van der Waals surface area contributed by atoms with Crippen LogP contribution in [0.4, 0.5) is 0 Å². The minimum Gasteiger partial charge on any atom is -0.370 e. The lowest BCUT2D eigenvalue weighted by Crippen LogP contribution is -2.27. The molecule has 1 aromatic heterocycles. The highest BCUT2D eigenvalue weighted by molar-refractivity contribution is 5.75. The van der Waals surface area contributed by atoms with E-state index in [-0.39, 0.29) is 11.3 Å². The molecule has 0 aliphatic rings. The maximum Gasteiger partial charge on any atom is 0.218 e. The van der Waals surface area contributed by atoms with Gasteiger partial charge in [0.05, 0.1) is 12.0 Å². The van der Waals surface area contributed by atoms with Gasteiger partial charge in [0.2, 0.25) is 5.91 Å². The lowest BCUT2D eigenvalue weighted by atomic mass is 9.84. The first-order chi connectivity index (χ1) is 5.93. The number of aromatic amines is 1. The Morgan fingerprint density at radius 3 is 2.69 bits per heavy atom. The van der Waals surface area contributed by atoms with Gasteiger partial charge in [-0.25, -0.2) is 4.98 Å². The number of rotatable bonds is 3. The highest BCUT2D eigenvalue weighted by Gasteiger charge is 2.26. The lowest BCUT2D eigenvalue weighted by Gasteiger charge is -2.21. The summed E-state index contributed by atoms with van der Waals surface area (Å²) in [5.74, 6) is -0.299. The second kappa shape index (κ2) is 3.20. The molecule has 72 valence electrons. The molecule has 0 aromatic carbocycles. The molecule has 13 heavy (non-hydrogen) atoms. The van der Waals surface area contributed by atoms with Crippen LogP contribution in [-0.2, 0) is 10.2 Å². The first-order valence-electron chi connectivity index (χ1n) is 4.22. The number of carbonyl (C=O) groups excluding carboxylic acids is 1. The van der Waals surface area contributed by atoms with E-state index in [0.29, 0.717) is 6.42 Å². The molecule has 1 aromatic rings. The summed E-state index contributed by atoms with van der Waals surface area (Å²) in [6, 6.07) is 0. The summed E-state index contributed by atoms with van der Waals surface area (Å²) in [6.07, 6.45) is 1.95. The maximum absolute atomic E-state index is 10.8. The minimum atomic E-state index is -0.299. The van der Waals surface area contributed by atoms with Crippen LogP contribution in [0.5, 0.6) is 0 Å². The van der Waals surface area contributed by atoms with Crippen molar-refractivity contribution < 1.29 is 4.79 Å². The topological polar surface area (TPSA) is 71.8 Å². The summed E-state index contributed by atoms with van der Waals surface area (Å²) in [6.45, 7) is 5.85. The third-order valence-corrected chi connectivity index (χ3v) is 2.09. The van der Waals surface area contributed by atoms with Gasteiger partial charge in [-0.1, -0.05) is 13.8 Å². The molecule has 0 unspecified atom stereocenters. The zero-order chi connectivity index (χ0) is 10.1.